The van der Waals surface area contributed by atoms with Gasteiger partial charge in [-0.3, -0.25) is 4.79 Å². The monoisotopic (exact) mass is 278 g/mol. The van der Waals surface area contributed by atoms with Gasteiger partial charge in [0.25, 0.3) is 5.91 Å². The number of unbranched alkanes of at least 4 members (excludes halogenated alkanes) is 1. The van der Waals surface area contributed by atoms with Crippen molar-refractivity contribution >= 4 is 12.1 Å². The molecule has 0 heterocycles. The first kappa shape index (κ1) is 16.0. The Balaban J connectivity index is 2.95. The maximum absolute atomic E-state index is 12.4. The van der Waals surface area contributed by atoms with Gasteiger partial charge in [-0.15, -0.1) is 0 Å². The summed E-state index contributed by atoms with van der Waals surface area (Å²) in [5.41, 5.74) is 0.542. The number of hydrogen-bond donors (Lipinski definition) is 1. The maximum atomic E-state index is 12.4. The average Bonchev–Trinajstić information content (AvgIpc) is 2.49. The number of nitrogens with one attached hydrogen (secondary N) is 1. The van der Waals surface area contributed by atoms with Gasteiger partial charge in [0.05, 0.1) is 20.8 Å². The summed E-state index contributed by atoms with van der Waals surface area (Å²) in [6.07, 6.45) is 3.18. The molecule has 0 aliphatic heterocycles. The molecule has 0 bridgehead atoms. The van der Waals surface area contributed by atoms with Gasteiger partial charge >= 0.3 is 0 Å². The van der Waals surface area contributed by atoms with Gasteiger partial charge in [0.1, 0.15) is 0 Å². The van der Waals surface area contributed by atoms with Crippen LogP contribution < -0.4 is 9.47 Å². The molecule has 0 aromatic heterocycles. The summed E-state index contributed by atoms with van der Waals surface area (Å²) in [6.45, 7) is 3.05. The Hall–Kier alpha value is -2.04. The van der Waals surface area contributed by atoms with E-state index in [4.69, 9.17) is 14.9 Å². The summed E-state index contributed by atoms with van der Waals surface area (Å²) < 4.78 is 10.4. The molecule has 1 aromatic carbocycles. The maximum Gasteiger partial charge on any atom is 0.254 e. The highest BCUT2D eigenvalue weighted by Gasteiger charge is 2.16. The average molecular weight is 278 g/mol. The number of amides is 1. The van der Waals surface area contributed by atoms with E-state index in [0.717, 1.165) is 12.8 Å². The fourth-order valence-corrected chi connectivity index (χ4v) is 1.89. The lowest BCUT2D eigenvalue weighted by atomic mass is 10.1. The molecule has 1 amide bonds. The van der Waals surface area contributed by atoms with Crippen molar-refractivity contribution in [3.05, 3.63) is 23.8 Å². The van der Waals surface area contributed by atoms with Gasteiger partial charge in [0.15, 0.2) is 11.5 Å². The lowest BCUT2D eigenvalue weighted by Gasteiger charge is -2.21. The van der Waals surface area contributed by atoms with Gasteiger partial charge in [-0.1, -0.05) is 13.3 Å². The second-order valence-electron chi connectivity index (χ2n) is 4.38. The highest BCUT2D eigenvalue weighted by molar-refractivity contribution is 5.95. The predicted octanol–water partition coefficient (Wildman–Crippen LogP) is 2.60. The van der Waals surface area contributed by atoms with Crippen LogP contribution in [-0.4, -0.2) is 44.3 Å². The van der Waals surface area contributed by atoms with E-state index in [-0.39, 0.29) is 5.91 Å². The number of hydrogen-bond acceptors (Lipinski definition) is 4. The normalized spacial score (nSPS) is 9.95. The number of rotatable bonds is 8. The van der Waals surface area contributed by atoms with E-state index in [9.17, 15) is 4.79 Å². The number of carbonyl (C=O) groups excluding carboxylic acids is 1. The molecule has 0 saturated heterocycles. The minimum Gasteiger partial charge on any atom is -0.493 e. The zero-order valence-electron chi connectivity index (χ0n) is 12.3. The van der Waals surface area contributed by atoms with Crippen molar-refractivity contribution < 1.29 is 14.3 Å². The number of carbonyl (C=O) groups is 1. The van der Waals surface area contributed by atoms with Gasteiger partial charge in [-0.25, -0.2) is 0 Å². The fourth-order valence-electron chi connectivity index (χ4n) is 1.89. The van der Waals surface area contributed by atoms with Crippen LogP contribution in [0.1, 0.15) is 30.1 Å². The minimum atomic E-state index is -0.0945. The van der Waals surface area contributed by atoms with Crippen molar-refractivity contribution in [2.75, 3.05) is 27.3 Å². The Labute approximate surface area is 120 Å². The van der Waals surface area contributed by atoms with E-state index in [2.05, 4.69) is 6.92 Å². The van der Waals surface area contributed by atoms with Crippen LogP contribution in [0.15, 0.2) is 18.2 Å². The Bertz CT molecular complexity index is 460. The van der Waals surface area contributed by atoms with Crippen LogP contribution in [0.25, 0.3) is 0 Å². The third kappa shape index (κ3) is 3.98. The van der Waals surface area contributed by atoms with Crippen molar-refractivity contribution in [1.82, 2.24) is 4.90 Å². The van der Waals surface area contributed by atoms with Crippen LogP contribution in [-0.2, 0) is 0 Å². The first-order chi connectivity index (χ1) is 9.67. The zero-order chi connectivity index (χ0) is 15.0. The summed E-state index contributed by atoms with van der Waals surface area (Å²) in [5, 5.41) is 7.20. The van der Waals surface area contributed by atoms with Crippen molar-refractivity contribution in [2.45, 2.75) is 19.8 Å². The summed E-state index contributed by atoms with van der Waals surface area (Å²) in [5.74, 6) is 1.03. The molecule has 0 unspecified atom stereocenters. The summed E-state index contributed by atoms with van der Waals surface area (Å²) in [4.78, 5) is 14.1. The quantitative estimate of drug-likeness (QED) is 0.743. The first-order valence-corrected chi connectivity index (χ1v) is 6.68. The molecule has 0 aliphatic rings. The first-order valence-electron chi connectivity index (χ1n) is 6.68. The van der Waals surface area contributed by atoms with Crippen molar-refractivity contribution in [1.29, 1.82) is 5.41 Å². The zero-order valence-corrected chi connectivity index (χ0v) is 12.3. The minimum absolute atomic E-state index is 0.0945. The lowest BCUT2D eigenvalue weighted by molar-refractivity contribution is 0.0778. The molecule has 5 heteroatoms. The van der Waals surface area contributed by atoms with E-state index >= 15 is 0 Å². The summed E-state index contributed by atoms with van der Waals surface area (Å²) in [7, 11) is 3.10. The Morgan fingerprint density at radius 3 is 2.55 bits per heavy atom. The fraction of sp³-hybridized carbons (Fsp3) is 0.467. The van der Waals surface area contributed by atoms with Crippen LogP contribution in [0.3, 0.4) is 0 Å². The highest BCUT2D eigenvalue weighted by atomic mass is 16.5. The molecule has 5 nitrogen and oxygen atoms in total. The van der Waals surface area contributed by atoms with Gasteiger partial charge in [-0.2, -0.15) is 0 Å². The molecule has 0 aliphatic carbocycles. The summed E-state index contributed by atoms with van der Waals surface area (Å²) >= 11 is 0. The highest BCUT2D eigenvalue weighted by Crippen LogP contribution is 2.28. The molecule has 20 heavy (non-hydrogen) atoms. The van der Waals surface area contributed by atoms with E-state index < -0.39 is 0 Å². The number of ether oxygens (including phenoxy) is 2. The second kappa shape index (κ2) is 8.19. The van der Waals surface area contributed by atoms with Gasteiger partial charge in [0, 0.05) is 18.3 Å². The smallest absolute Gasteiger partial charge is 0.254 e. The van der Waals surface area contributed by atoms with Crippen LogP contribution in [0.5, 0.6) is 11.5 Å². The number of nitrogens with zero attached hydrogens (tertiary/aromatic N) is 1. The SMILES string of the molecule is CCCCN(CC=N)C(=O)c1ccc(OC)c(OC)c1. The summed E-state index contributed by atoms with van der Waals surface area (Å²) in [6, 6.07) is 5.10. The second-order valence-corrected chi connectivity index (χ2v) is 4.38. The third-order valence-electron chi connectivity index (χ3n) is 3.01. The molecule has 0 radical (unpaired) electrons. The molecule has 0 atom stereocenters. The van der Waals surface area contributed by atoms with Crippen molar-refractivity contribution in [3.63, 3.8) is 0 Å². The molecular weight excluding hydrogens is 256 g/mol. The largest absolute Gasteiger partial charge is 0.493 e. The van der Waals surface area contributed by atoms with Crippen molar-refractivity contribution in [2.24, 2.45) is 0 Å². The van der Waals surface area contributed by atoms with Crippen molar-refractivity contribution in [3.8, 4) is 11.5 Å². The van der Waals surface area contributed by atoms with Gasteiger partial charge in [-0.05, 0) is 24.6 Å². The van der Waals surface area contributed by atoms with Gasteiger partial charge < -0.3 is 19.8 Å². The van der Waals surface area contributed by atoms with E-state index in [1.165, 1.54) is 6.21 Å². The van der Waals surface area contributed by atoms with Crippen LogP contribution >= 0.6 is 0 Å². The standard InChI is InChI=1S/C15H22N2O3/c1-4-5-9-17(10-8-16)15(18)12-6-7-13(19-2)14(11-12)20-3/h6-8,11,16H,4-5,9-10H2,1-3H3. The number of methoxy groups -OCH3 is 2. The van der Waals surface area contributed by atoms with Crippen LogP contribution in [0.4, 0.5) is 0 Å². The molecular formula is C15H22N2O3. The van der Waals surface area contributed by atoms with Crippen LogP contribution in [0, 0.1) is 5.41 Å². The topological polar surface area (TPSA) is 62.6 Å². The predicted molar refractivity (Wildman–Crippen MR) is 79.1 cm³/mol. The van der Waals surface area contributed by atoms with Gasteiger partial charge in [0.2, 0.25) is 0 Å². The van der Waals surface area contributed by atoms with E-state index in [1.807, 2.05) is 0 Å². The molecule has 0 fully saturated rings. The molecule has 1 N–H and O–H groups in total. The third-order valence-corrected chi connectivity index (χ3v) is 3.01. The van der Waals surface area contributed by atoms with E-state index in [1.54, 1.807) is 37.3 Å². The molecule has 110 valence electrons. The molecule has 1 aromatic rings. The van der Waals surface area contributed by atoms with E-state index in [0.29, 0.717) is 30.2 Å². The lowest BCUT2D eigenvalue weighted by Crippen LogP contribution is -2.33. The Morgan fingerprint density at radius 2 is 2.00 bits per heavy atom. The molecule has 0 saturated carbocycles. The van der Waals surface area contributed by atoms with Crippen LogP contribution in [0.2, 0.25) is 0 Å². The molecule has 1 rings (SSSR count). The Kier molecular flexibility index (Phi) is 6.56. The number of benzene rings is 1. The Morgan fingerprint density at radius 1 is 1.30 bits per heavy atom. The molecule has 0 spiro atoms.